The van der Waals surface area contributed by atoms with Crippen molar-refractivity contribution in [2.75, 3.05) is 20.2 Å². The number of amides is 3. The summed E-state index contributed by atoms with van der Waals surface area (Å²) in [5.41, 5.74) is 3.82. The molecule has 1 atom stereocenters. The lowest BCUT2D eigenvalue weighted by molar-refractivity contribution is -0.125. The van der Waals surface area contributed by atoms with Gasteiger partial charge < -0.3 is 9.64 Å². The molecule has 2 heterocycles. The molecule has 0 radical (unpaired) electrons. The molecule has 1 saturated carbocycles. The number of aromatic nitrogens is 2. The topological polar surface area (TPSA) is 93.5 Å². The van der Waals surface area contributed by atoms with Crippen LogP contribution in [0.3, 0.4) is 0 Å². The molecule has 32 heavy (non-hydrogen) atoms. The van der Waals surface area contributed by atoms with Crippen LogP contribution in [0.1, 0.15) is 68.5 Å². The summed E-state index contributed by atoms with van der Waals surface area (Å²) >= 11 is 0. The van der Waals surface area contributed by atoms with Gasteiger partial charge in [-0.1, -0.05) is 19.1 Å². The van der Waals surface area contributed by atoms with E-state index in [2.05, 4.69) is 30.4 Å². The molecule has 1 saturated heterocycles. The number of ether oxygens (including phenoxy) is 1. The number of methoxy groups -OCH3 is 1. The van der Waals surface area contributed by atoms with Gasteiger partial charge in [0.25, 0.3) is 0 Å². The second-order valence-electron chi connectivity index (χ2n) is 9.47. The van der Waals surface area contributed by atoms with Gasteiger partial charge in [0, 0.05) is 37.9 Å². The van der Waals surface area contributed by atoms with Gasteiger partial charge in [-0.25, -0.2) is 4.79 Å². The zero-order valence-electron chi connectivity index (χ0n) is 19.1. The average molecular weight is 441 g/mol. The first-order valence-corrected chi connectivity index (χ1v) is 11.4. The van der Waals surface area contributed by atoms with Crippen molar-refractivity contribution in [3.63, 3.8) is 0 Å². The summed E-state index contributed by atoms with van der Waals surface area (Å²) in [5, 5.41) is 8.06. The van der Waals surface area contributed by atoms with Crippen molar-refractivity contribution in [2.45, 2.75) is 57.3 Å². The molecule has 0 bridgehead atoms. The number of carbonyl (C=O) groups excluding carboxylic acids is 3. The molecule has 2 aliphatic rings. The summed E-state index contributed by atoms with van der Waals surface area (Å²) in [6, 6.07) is 6.65. The summed E-state index contributed by atoms with van der Waals surface area (Å²) in [7, 11) is 3.41. The Balaban J connectivity index is 1.41. The lowest BCUT2D eigenvalue weighted by Gasteiger charge is -2.52. The normalized spacial score (nSPS) is 18.9. The van der Waals surface area contributed by atoms with Gasteiger partial charge >= 0.3 is 6.09 Å². The minimum atomic E-state index is -0.259. The molecule has 1 aliphatic carbocycles. The molecular weight excluding hydrogens is 408 g/mol. The number of hydrogen-bond acceptors (Lipinski definition) is 5. The van der Waals surface area contributed by atoms with Gasteiger partial charge in [0.15, 0.2) is 0 Å². The fourth-order valence-corrected chi connectivity index (χ4v) is 5.46. The van der Waals surface area contributed by atoms with Crippen molar-refractivity contribution in [3.8, 4) is 0 Å². The first kappa shape index (κ1) is 22.3. The van der Waals surface area contributed by atoms with E-state index in [1.165, 1.54) is 25.5 Å². The molecule has 2 aromatic rings. The zero-order chi connectivity index (χ0) is 22.9. The Bertz CT molecular complexity index is 1010. The summed E-state index contributed by atoms with van der Waals surface area (Å²) in [5.74, 6) is 0.409. The molecule has 2 fully saturated rings. The Morgan fingerprint density at radius 2 is 2.03 bits per heavy atom. The summed E-state index contributed by atoms with van der Waals surface area (Å²) in [6.45, 7) is 3.64. The van der Waals surface area contributed by atoms with Gasteiger partial charge in [-0.3, -0.25) is 19.6 Å². The molecular formula is C24H32N4O4. The van der Waals surface area contributed by atoms with Crippen LogP contribution < -0.4 is 5.32 Å². The standard InChI is InChI=1S/C24H32N4O4/c1-16(4-7-21(30)25-15-29)22-19-6-5-17(12-20(19)27(2)26-22)18-13-24(14-18)8-10-28(11-9-24)23(31)32-3/h5-6,12,15-16,18H,4,7-11,13-14H2,1-3H3,(H,25,29,30). The zero-order valence-corrected chi connectivity index (χ0v) is 19.1. The molecule has 8 heteroatoms. The maximum atomic E-state index is 11.7. The molecule has 1 aromatic heterocycles. The lowest BCUT2D eigenvalue weighted by Crippen LogP contribution is -2.48. The van der Waals surface area contributed by atoms with Gasteiger partial charge in [0.1, 0.15) is 0 Å². The number of benzene rings is 1. The molecule has 1 spiro atoms. The largest absolute Gasteiger partial charge is 0.453 e. The first-order valence-electron chi connectivity index (χ1n) is 11.4. The van der Waals surface area contributed by atoms with Crippen molar-refractivity contribution in [2.24, 2.45) is 12.5 Å². The molecule has 3 amide bonds. The van der Waals surface area contributed by atoms with E-state index >= 15 is 0 Å². The minimum absolute atomic E-state index is 0.119. The highest BCUT2D eigenvalue weighted by Gasteiger charge is 2.46. The van der Waals surface area contributed by atoms with E-state index < -0.39 is 0 Å². The minimum Gasteiger partial charge on any atom is -0.453 e. The van der Waals surface area contributed by atoms with Crippen molar-refractivity contribution >= 4 is 29.3 Å². The Kier molecular flexibility index (Phi) is 6.22. The number of likely N-dealkylation sites (tertiary alicyclic amines) is 1. The number of imide groups is 1. The van der Waals surface area contributed by atoms with E-state index in [0.29, 0.717) is 30.6 Å². The van der Waals surface area contributed by atoms with E-state index in [-0.39, 0.29) is 17.9 Å². The molecule has 1 aliphatic heterocycles. The van der Waals surface area contributed by atoms with Crippen LogP contribution in [-0.2, 0) is 21.4 Å². The van der Waals surface area contributed by atoms with Crippen molar-refractivity contribution in [1.82, 2.24) is 20.0 Å². The predicted molar refractivity (Wildman–Crippen MR) is 120 cm³/mol. The number of nitrogens with one attached hydrogen (secondary N) is 1. The number of piperidine rings is 1. The van der Waals surface area contributed by atoms with E-state index in [0.717, 1.165) is 42.5 Å². The number of nitrogens with zero attached hydrogens (tertiary/aromatic N) is 3. The molecule has 172 valence electrons. The SMILES string of the molecule is COC(=O)N1CCC2(CC1)CC(c1ccc3c(C(C)CCC(=O)NC=O)nn(C)c3c1)C2. The van der Waals surface area contributed by atoms with Gasteiger partial charge in [0.2, 0.25) is 12.3 Å². The Morgan fingerprint density at radius 1 is 1.31 bits per heavy atom. The van der Waals surface area contributed by atoms with Gasteiger partial charge in [-0.2, -0.15) is 5.10 Å². The Hall–Kier alpha value is -2.90. The van der Waals surface area contributed by atoms with Crippen LogP contribution in [0.5, 0.6) is 0 Å². The smallest absolute Gasteiger partial charge is 0.409 e. The third-order valence-corrected chi connectivity index (χ3v) is 7.48. The van der Waals surface area contributed by atoms with E-state index in [1.807, 2.05) is 16.6 Å². The molecule has 4 rings (SSSR count). The highest BCUT2D eigenvalue weighted by molar-refractivity contribution is 5.86. The number of hydrogen-bond donors (Lipinski definition) is 1. The van der Waals surface area contributed by atoms with Gasteiger partial charge in [0.05, 0.1) is 18.3 Å². The molecule has 1 unspecified atom stereocenters. The molecule has 8 nitrogen and oxygen atoms in total. The predicted octanol–water partition coefficient (Wildman–Crippen LogP) is 3.46. The average Bonchev–Trinajstić information content (AvgIpc) is 3.11. The lowest BCUT2D eigenvalue weighted by atomic mass is 9.56. The quantitative estimate of drug-likeness (QED) is 0.695. The van der Waals surface area contributed by atoms with E-state index in [9.17, 15) is 14.4 Å². The monoisotopic (exact) mass is 440 g/mol. The fraction of sp³-hybridized carbons (Fsp3) is 0.583. The number of aryl methyl sites for hydroxylation is 1. The van der Waals surface area contributed by atoms with Crippen LogP contribution >= 0.6 is 0 Å². The molecule has 1 N–H and O–H groups in total. The second-order valence-corrected chi connectivity index (χ2v) is 9.47. The maximum absolute atomic E-state index is 11.7. The van der Waals surface area contributed by atoms with Crippen molar-refractivity contribution in [3.05, 3.63) is 29.5 Å². The fourth-order valence-electron chi connectivity index (χ4n) is 5.46. The summed E-state index contributed by atoms with van der Waals surface area (Å²) in [4.78, 5) is 35.6. The van der Waals surface area contributed by atoms with Crippen molar-refractivity contribution in [1.29, 1.82) is 0 Å². The first-order chi connectivity index (χ1) is 15.4. The van der Waals surface area contributed by atoms with E-state index in [4.69, 9.17) is 9.84 Å². The Labute approximate surface area is 188 Å². The summed E-state index contributed by atoms with van der Waals surface area (Å²) < 4.78 is 6.78. The van der Waals surface area contributed by atoms with Crippen LogP contribution in [0.15, 0.2) is 18.2 Å². The van der Waals surface area contributed by atoms with Crippen LogP contribution in [0, 0.1) is 5.41 Å². The third-order valence-electron chi connectivity index (χ3n) is 7.48. The maximum Gasteiger partial charge on any atom is 0.409 e. The van der Waals surface area contributed by atoms with Crippen LogP contribution in [-0.4, -0.2) is 53.3 Å². The van der Waals surface area contributed by atoms with Crippen LogP contribution in [0.2, 0.25) is 0 Å². The van der Waals surface area contributed by atoms with Gasteiger partial charge in [-0.05, 0) is 55.1 Å². The van der Waals surface area contributed by atoms with Crippen molar-refractivity contribution < 1.29 is 19.1 Å². The van der Waals surface area contributed by atoms with E-state index in [1.54, 1.807) is 0 Å². The highest BCUT2D eigenvalue weighted by Crippen LogP contribution is 2.56. The van der Waals surface area contributed by atoms with Crippen LogP contribution in [0.4, 0.5) is 4.79 Å². The second kappa shape index (κ2) is 8.92. The number of rotatable bonds is 6. The highest BCUT2D eigenvalue weighted by atomic mass is 16.5. The molecule has 1 aromatic carbocycles. The number of carbonyl (C=O) groups is 3. The van der Waals surface area contributed by atoms with Gasteiger partial charge in [-0.15, -0.1) is 0 Å². The Morgan fingerprint density at radius 3 is 2.69 bits per heavy atom. The number of fused-ring (bicyclic) bond motifs is 1. The summed E-state index contributed by atoms with van der Waals surface area (Å²) in [6.07, 6.45) is 5.58. The third kappa shape index (κ3) is 4.23. The van der Waals surface area contributed by atoms with Crippen LogP contribution in [0.25, 0.3) is 10.9 Å².